The van der Waals surface area contributed by atoms with Gasteiger partial charge in [0.2, 0.25) is 0 Å². The molecular formula is C13H27NO2. The summed E-state index contributed by atoms with van der Waals surface area (Å²) < 4.78 is 11.4. The smallest absolute Gasteiger partial charge is 0.0707 e. The summed E-state index contributed by atoms with van der Waals surface area (Å²) in [5, 5.41) is 3.48. The van der Waals surface area contributed by atoms with Crippen LogP contribution in [-0.4, -0.2) is 37.5 Å². The Labute approximate surface area is 99.9 Å². The maximum Gasteiger partial charge on any atom is 0.0707 e. The highest BCUT2D eigenvalue weighted by molar-refractivity contribution is 4.80. The molecule has 1 saturated carbocycles. The summed E-state index contributed by atoms with van der Waals surface area (Å²) in [6, 6.07) is 0.665. The van der Waals surface area contributed by atoms with Gasteiger partial charge in [-0.3, -0.25) is 0 Å². The molecule has 2 unspecified atom stereocenters. The molecule has 0 aromatic heterocycles. The average molecular weight is 229 g/mol. The van der Waals surface area contributed by atoms with Crippen LogP contribution in [0.3, 0.4) is 0 Å². The molecule has 0 spiro atoms. The van der Waals surface area contributed by atoms with Crippen molar-refractivity contribution < 1.29 is 9.47 Å². The first-order valence-corrected chi connectivity index (χ1v) is 6.50. The third-order valence-electron chi connectivity index (χ3n) is 2.85. The Balaban J connectivity index is 2.02. The second-order valence-electron chi connectivity index (χ2n) is 5.52. The number of rotatable bonds is 6. The Morgan fingerprint density at radius 1 is 1.19 bits per heavy atom. The lowest BCUT2D eigenvalue weighted by atomic mass is 10.2. The predicted octanol–water partition coefficient (Wildman–Crippen LogP) is 2.35. The van der Waals surface area contributed by atoms with Crippen LogP contribution in [0.2, 0.25) is 0 Å². The van der Waals surface area contributed by atoms with Gasteiger partial charge in [-0.05, 0) is 46.6 Å². The Bertz CT molecular complexity index is 189. The molecule has 1 fully saturated rings. The average Bonchev–Trinajstić information content (AvgIpc) is 2.60. The molecule has 0 aliphatic heterocycles. The lowest BCUT2D eigenvalue weighted by Crippen LogP contribution is -2.27. The van der Waals surface area contributed by atoms with E-state index in [0.29, 0.717) is 18.8 Å². The molecular weight excluding hydrogens is 202 g/mol. The van der Waals surface area contributed by atoms with Crippen molar-refractivity contribution in [3.63, 3.8) is 0 Å². The monoisotopic (exact) mass is 229 g/mol. The van der Waals surface area contributed by atoms with Crippen molar-refractivity contribution in [2.24, 2.45) is 0 Å². The van der Waals surface area contributed by atoms with Gasteiger partial charge in [0.25, 0.3) is 0 Å². The lowest BCUT2D eigenvalue weighted by Gasteiger charge is -2.20. The van der Waals surface area contributed by atoms with Crippen LogP contribution in [0, 0.1) is 0 Å². The maximum atomic E-state index is 5.81. The first-order chi connectivity index (χ1) is 7.51. The van der Waals surface area contributed by atoms with E-state index in [1.165, 1.54) is 12.8 Å². The van der Waals surface area contributed by atoms with Crippen molar-refractivity contribution in [2.45, 2.75) is 64.7 Å². The summed E-state index contributed by atoms with van der Waals surface area (Å²) >= 11 is 0. The lowest BCUT2D eigenvalue weighted by molar-refractivity contribution is -0.0504. The summed E-state index contributed by atoms with van der Waals surface area (Å²) in [6.45, 7) is 10.9. The molecule has 0 saturated heterocycles. The molecule has 2 atom stereocenters. The van der Waals surface area contributed by atoms with Gasteiger partial charge in [0.1, 0.15) is 0 Å². The van der Waals surface area contributed by atoms with E-state index in [1.807, 2.05) is 0 Å². The van der Waals surface area contributed by atoms with Crippen LogP contribution in [0.4, 0.5) is 0 Å². The minimum absolute atomic E-state index is 0.0503. The second-order valence-corrected chi connectivity index (χ2v) is 5.52. The van der Waals surface area contributed by atoms with Gasteiger partial charge in [0.15, 0.2) is 0 Å². The van der Waals surface area contributed by atoms with Gasteiger partial charge in [-0.1, -0.05) is 6.92 Å². The van der Waals surface area contributed by atoms with Crippen LogP contribution < -0.4 is 5.32 Å². The Morgan fingerprint density at radius 2 is 1.94 bits per heavy atom. The highest BCUT2D eigenvalue weighted by Crippen LogP contribution is 2.21. The Morgan fingerprint density at radius 3 is 2.56 bits per heavy atom. The molecule has 1 rings (SSSR count). The van der Waals surface area contributed by atoms with Gasteiger partial charge in [-0.25, -0.2) is 0 Å². The second kappa shape index (κ2) is 6.58. The van der Waals surface area contributed by atoms with Gasteiger partial charge >= 0.3 is 0 Å². The van der Waals surface area contributed by atoms with Gasteiger partial charge in [-0.2, -0.15) is 0 Å². The largest absolute Gasteiger partial charge is 0.376 e. The van der Waals surface area contributed by atoms with Crippen molar-refractivity contribution in [1.29, 1.82) is 0 Å². The first kappa shape index (κ1) is 13.9. The number of hydrogen-bond acceptors (Lipinski definition) is 3. The molecule has 3 nitrogen and oxygen atoms in total. The molecule has 0 heterocycles. The molecule has 0 amide bonds. The topological polar surface area (TPSA) is 30.5 Å². The van der Waals surface area contributed by atoms with E-state index in [2.05, 4.69) is 33.0 Å². The zero-order valence-electron chi connectivity index (χ0n) is 11.2. The molecule has 0 radical (unpaired) electrons. The van der Waals surface area contributed by atoms with E-state index in [-0.39, 0.29) is 5.60 Å². The zero-order chi connectivity index (χ0) is 12.0. The molecule has 16 heavy (non-hydrogen) atoms. The fraction of sp³-hybridized carbons (Fsp3) is 1.00. The first-order valence-electron chi connectivity index (χ1n) is 6.50. The van der Waals surface area contributed by atoms with E-state index in [0.717, 1.165) is 19.6 Å². The minimum Gasteiger partial charge on any atom is -0.376 e. The molecule has 0 bridgehead atoms. The van der Waals surface area contributed by atoms with Crippen LogP contribution >= 0.6 is 0 Å². The number of hydrogen-bond donors (Lipinski definition) is 1. The molecule has 1 aliphatic rings. The number of nitrogens with one attached hydrogen (secondary N) is 1. The SMILES string of the molecule is CCNC1CCC(OCCOC(C)(C)C)C1. The van der Waals surface area contributed by atoms with Crippen LogP contribution in [0.5, 0.6) is 0 Å². The third-order valence-corrected chi connectivity index (χ3v) is 2.85. The predicted molar refractivity (Wildman–Crippen MR) is 66.8 cm³/mol. The van der Waals surface area contributed by atoms with Gasteiger partial charge in [-0.15, -0.1) is 0 Å². The summed E-state index contributed by atoms with van der Waals surface area (Å²) in [5.41, 5.74) is -0.0503. The molecule has 0 aromatic carbocycles. The molecule has 96 valence electrons. The minimum atomic E-state index is -0.0503. The van der Waals surface area contributed by atoms with Crippen molar-refractivity contribution in [3.8, 4) is 0 Å². The Kier molecular flexibility index (Phi) is 5.73. The highest BCUT2D eigenvalue weighted by Gasteiger charge is 2.24. The van der Waals surface area contributed by atoms with Crippen molar-refractivity contribution in [2.75, 3.05) is 19.8 Å². The normalized spacial score (nSPS) is 26.2. The van der Waals surface area contributed by atoms with Crippen LogP contribution in [0.1, 0.15) is 47.0 Å². The maximum absolute atomic E-state index is 5.81. The highest BCUT2D eigenvalue weighted by atomic mass is 16.5. The van der Waals surface area contributed by atoms with Crippen molar-refractivity contribution in [3.05, 3.63) is 0 Å². The molecule has 1 N–H and O–H groups in total. The zero-order valence-corrected chi connectivity index (χ0v) is 11.2. The number of ether oxygens (including phenoxy) is 2. The van der Waals surface area contributed by atoms with E-state index >= 15 is 0 Å². The molecule has 3 heteroatoms. The van der Waals surface area contributed by atoms with Crippen LogP contribution in [-0.2, 0) is 9.47 Å². The standard InChI is InChI=1S/C13H27NO2/c1-5-14-11-6-7-12(10-11)15-8-9-16-13(2,3)4/h11-12,14H,5-10H2,1-4H3. The quantitative estimate of drug-likeness (QED) is 0.709. The summed E-state index contributed by atoms with van der Waals surface area (Å²) in [4.78, 5) is 0. The van der Waals surface area contributed by atoms with Gasteiger partial charge in [0.05, 0.1) is 24.9 Å². The summed E-state index contributed by atoms with van der Waals surface area (Å²) in [6.07, 6.45) is 4.03. The third kappa shape index (κ3) is 5.83. The summed E-state index contributed by atoms with van der Waals surface area (Å²) in [7, 11) is 0. The van der Waals surface area contributed by atoms with E-state index < -0.39 is 0 Å². The van der Waals surface area contributed by atoms with Gasteiger partial charge < -0.3 is 14.8 Å². The molecule has 0 aromatic rings. The van der Waals surface area contributed by atoms with E-state index in [1.54, 1.807) is 0 Å². The van der Waals surface area contributed by atoms with Gasteiger partial charge in [0, 0.05) is 6.04 Å². The van der Waals surface area contributed by atoms with Crippen molar-refractivity contribution >= 4 is 0 Å². The van der Waals surface area contributed by atoms with Crippen LogP contribution in [0.15, 0.2) is 0 Å². The van der Waals surface area contributed by atoms with E-state index in [9.17, 15) is 0 Å². The fourth-order valence-electron chi connectivity index (χ4n) is 2.13. The fourth-order valence-corrected chi connectivity index (χ4v) is 2.13. The molecule has 1 aliphatic carbocycles. The van der Waals surface area contributed by atoms with E-state index in [4.69, 9.17) is 9.47 Å². The van der Waals surface area contributed by atoms with Crippen molar-refractivity contribution in [1.82, 2.24) is 5.32 Å². The summed E-state index contributed by atoms with van der Waals surface area (Å²) in [5.74, 6) is 0. The Hall–Kier alpha value is -0.120. The van der Waals surface area contributed by atoms with Crippen LogP contribution in [0.25, 0.3) is 0 Å².